The SMILES string of the molecule is CCCCSc1ccc(NC(=O)N(CC)CC)cc1. The lowest BCUT2D eigenvalue weighted by Gasteiger charge is -2.19. The largest absolute Gasteiger partial charge is 0.325 e. The van der Waals surface area contributed by atoms with Gasteiger partial charge in [-0.2, -0.15) is 0 Å². The van der Waals surface area contributed by atoms with E-state index in [1.54, 1.807) is 4.90 Å². The third kappa shape index (κ3) is 5.55. The number of benzene rings is 1. The Kier molecular flexibility index (Phi) is 7.41. The zero-order valence-electron chi connectivity index (χ0n) is 12.1. The van der Waals surface area contributed by atoms with Crippen molar-refractivity contribution in [3.05, 3.63) is 24.3 Å². The average molecular weight is 280 g/mol. The number of carbonyl (C=O) groups is 1. The number of hydrogen-bond acceptors (Lipinski definition) is 2. The van der Waals surface area contributed by atoms with Crippen molar-refractivity contribution in [3.63, 3.8) is 0 Å². The van der Waals surface area contributed by atoms with Gasteiger partial charge in [-0.15, -0.1) is 11.8 Å². The van der Waals surface area contributed by atoms with Crippen LogP contribution < -0.4 is 5.32 Å². The Morgan fingerprint density at radius 1 is 1.16 bits per heavy atom. The summed E-state index contributed by atoms with van der Waals surface area (Å²) in [6.07, 6.45) is 2.47. The molecule has 0 spiro atoms. The smallest absolute Gasteiger partial charge is 0.321 e. The molecule has 1 N–H and O–H groups in total. The molecule has 1 aromatic rings. The first-order chi connectivity index (χ1) is 9.21. The molecular weight excluding hydrogens is 256 g/mol. The highest BCUT2D eigenvalue weighted by Crippen LogP contribution is 2.21. The molecule has 0 aliphatic heterocycles. The van der Waals surface area contributed by atoms with Gasteiger partial charge in [0.15, 0.2) is 0 Å². The molecule has 0 saturated heterocycles. The van der Waals surface area contributed by atoms with E-state index in [0.29, 0.717) is 0 Å². The molecule has 4 heteroatoms. The molecule has 1 aromatic carbocycles. The van der Waals surface area contributed by atoms with E-state index < -0.39 is 0 Å². The van der Waals surface area contributed by atoms with Crippen molar-refractivity contribution in [1.82, 2.24) is 4.90 Å². The second-order valence-electron chi connectivity index (χ2n) is 4.33. The fourth-order valence-electron chi connectivity index (χ4n) is 1.68. The van der Waals surface area contributed by atoms with Gasteiger partial charge >= 0.3 is 6.03 Å². The fourth-order valence-corrected chi connectivity index (χ4v) is 2.68. The van der Waals surface area contributed by atoms with E-state index in [9.17, 15) is 4.79 Å². The summed E-state index contributed by atoms with van der Waals surface area (Å²) in [4.78, 5) is 14.9. The van der Waals surface area contributed by atoms with Crippen molar-refractivity contribution in [2.75, 3.05) is 24.2 Å². The van der Waals surface area contributed by atoms with Crippen molar-refractivity contribution < 1.29 is 4.79 Å². The van der Waals surface area contributed by atoms with Crippen LogP contribution in [-0.2, 0) is 0 Å². The molecule has 0 heterocycles. The van der Waals surface area contributed by atoms with Gasteiger partial charge in [0.05, 0.1) is 0 Å². The minimum atomic E-state index is -0.0311. The molecule has 0 saturated carbocycles. The van der Waals surface area contributed by atoms with E-state index in [-0.39, 0.29) is 6.03 Å². The summed E-state index contributed by atoms with van der Waals surface area (Å²) in [5.41, 5.74) is 0.858. The lowest BCUT2D eigenvalue weighted by molar-refractivity contribution is 0.217. The topological polar surface area (TPSA) is 32.3 Å². The van der Waals surface area contributed by atoms with Gasteiger partial charge in [0, 0.05) is 23.7 Å². The van der Waals surface area contributed by atoms with E-state index in [1.807, 2.05) is 37.7 Å². The average Bonchev–Trinajstić information content (AvgIpc) is 2.42. The number of thioether (sulfide) groups is 1. The number of nitrogens with one attached hydrogen (secondary N) is 1. The van der Waals surface area contributed by atoms with Crippen LogP contribution in [0.1, 0.15) is 33.6 Å². The number of nitrogens with zero attached hydrogens (tertiary/aromatic N) is 1. The predicted octanol–water partition coefficient (Wildman–Crippen LogP) is 4.45. The highest BCUT2D eigenvalue weighted by Gasteiger charge is 2.08. The van der Waals surface area contributed by atoms with Crippen LogP contribution in [-0.4, -0.2) is 29.8 Å². The summed E-state index contributed by atoms with van der Waals surface area (Å²) in [5, 5.41) is 2.92. The van der Waals surface area contributed by atoms with Gasteiger partial charge in [-0.1, -0.05) is 13.3 Å². The Balaban J connectivity index is 2.49. The number of amides is 2. The Morgan fingerprint density at radius 3 is 2.32 bits per heavy atom. The molecule has 19 heavy (non-hydrogen) atoms. The summed E-state index contributed by atoms with van der Waals surface area (Å²) < 4.78 is 0. The van der Waals surface area contributed by atoms with E-state index in [1.165, 1.54) is 17.7 Å². The van der Waals surface area contributed by atoms with Gasteiger partial charge < -0.3 is 10.2 Å². The molecule has 106 valence electrons. The summed E-state index contributed by atoms with van der Waals surface area (Å²) in [7, 11) is 0. The van der Waals surface area contributed by atoms with E-state index in [0.717, 1.165) is 24.5 Å². The first-order valence-corrected chi connectivity index (χ1v) is 7.98. The molecule has 2 amide bonds. The Labute approximate surface area is 120 Å². The number of hydrogen-bond donors (Lipinski definition) is 1. The summed E-state index contributed by atoms with van der Waals surface area (Å²) in [5.74, 6) is 1.15. The highest BCUT2D eigenvalue weighted by molar-refractivity contribution is 7.99. The number of rotatable bonds is 7. The minimum Gasteiger partial charge on any atom is -0.325 e. The van der Waals surface area contributed by atoms with Gasteiger partial charge in [0.1, 0.15) is 0 Å². The van der Waals surface area contributed by atoms with Gasteiger partial charge in [-0.3, -0.25) is 0 Å². The van der Waals surface area contributed by atoms with Crippen LogP contribution in [0.5, 0.6) is 0 Å². The van der Waals surface area contributed by atoms with Crippen molar-refractivity contribution in [1.29, 1.82) is 0 Å². The quantitative estimate of drug-likeness (QED) is 0.591. The third-order valence-electron chi connectivity index (χ3n) is 2.92. The van der Waals surface area contributed by atoms with E-state index in [2.05, 4.69) is 24.4 Å². The van der Waals surface area contributed by atoms with Gasteiger partial charge in [-0.05, 0) is 50.3 Å². The summed E-state index contributed by atoms with van der Waals surface area (Å²) in [6, 6.07) is 8.04. The minimum absolute atomic E-state index is 0.0311. The maximum atomic E-state index is 11.9. The van der Waals surface area contributed by atoms with Crippen molar-refractivity contribution >= 4 is 23.5 Å². The van der Waals surface area contributed by atoms with Gasteiger partial charge in [0.2, 0.25) is 0 Å². The van der Waals surface area contributed by atoms with E-state index in [4.69, 9.17) is 0 Å². The first-order valence-electron chi connectivity index (χ1n) is 7.00. The second-order valence-corrected chi connectivity index (χ2v) is 5.50. The van der Waals surface area contributed by atoms with Crippen LogP contribution in [0.25, 0.3) is 0 Å². The van der Waals surface area contributed by atoms with Crippen LogP contribution in [0.4, 0.5) is 10.5 Å². The van der Waals surface area contributed by atoms with Crippen molar-refractivity contribution in [2.24, 2.45) is 0 Å². The molecule has 0 aliphatic carbocycles. The molecule has 0 aliphatic rings. The summed E-state index contributed by atoms with van der Waals surface area (Å²) in [6.45, 7) is 7.63. The standard InChI is InChI=1S/C15H24N2OS/c1-4-7-12-19-14-10-8-13(9-11-14)16-15(18)17(5-2)6-3/h8-11H,4-7,12H2,1-3H3,(H,16,18). The monoisotopic (exact) mass is 280 g/mol. The predicted molar refractivity (Wildman–Crippen MR) is 84.0 cm³/mol. The highest BCUT2D eigenvalue weighted by atomic mass is 32.2. The first kappa shape index (κ1) is 15.9. The molecule has 0 unspecified atom stereocenters. The zero-order valence-corrected chi connectivity index (χ0v) is 12.9. The number of anilines is 1. The number of carbonyl (C=O) groups excluding carboxylic acids is 1. The van der Waals surface area contributed by atoms with Gasteiger partial charge in [-0.25, -0.2) is 4.79 Å². The lowest BCUT2D eigenvalue weighted by atomic mass is 10.3. The molecule has 0 bridgehead atoms. The molecule has 1 rings (SSSR count). The van der Waals surface area contributed by atoms with Gasteiger partial charge in [0.25, 0.3) is 0 Å². The number of unbranched alkanes of at least 4 members (excludes halogenated alkanes) is 1. The Bertz CT molecular complexity index is 374. The van der Waals surface area contributed by atoms with Crippen LogP contribution in [0, 0.1) is 0 Å². The second kappa shape index (κ2) is 8.86. The number of urea groups is 1. The van der Waals surface area contributed by atoms with E-state index >= 15 is 0 Å². The molecule has 3 nitrogen and oxygen atoms in total. The molecule has 0 radical (unpaired) electrons. The third-order valence-corrected chi connectivity index (χ3v) is 4.02. The molecule has 0 aromatic heterocycles. The normalized spacial score (nSPS) is 10.3. The molecule has 0 fully saturated rings. The molecular formula is C15H24N2OS. The molecule has 0 atom stereocenters. The van der Waals surface area contributed by atoms with Crippen LogP contribution >= 0.6 is 11.8 Å². The summed E-state index contributed by atoms with van der Waals surface area (Å²) >= 11 is 1.86. The van der Waals surface area contributed by atoms with Crippen molar-refractivity contribution in [3.8, 4) is 0 Å². The fraction of sp³-hybridized carbons (Fsp3) is 0.533. The lowest BCUT2D eigenvalue weighted by Crippen LogP contribution is -2.34. The van der Waals surface area contributed by atoms with Crippen LogP contribution in [0.15, 0.2) is 29.2 Å². The maximum absolute atomic E-state index is 11.9. The Morgan fingerprint density at radius 2 is 1.79 bits per heavy atom. The Hall–Kier alpha value is -1.16. The van der Waals surface area contributed by atoms with Crippen LogP contribution in [0.3, 0.4) is 0 Å². The van der Waals surface area contributed by atoms with Crippen LogP contribution in [0.2, 0.25) is 0 Å². The van der Waals surface area contributed by atoms with Crippen molar-refractivity contribution in [2.45, 2.75) is 38.5 Å². The maximum Gasteiger partial charge on any atom is 0.321 e. The zero-order chi connectivity index (χ0) is 14.1.